The van der Waals surface area contributed by atoms with E-state index in [9.17, 15) is 10.2 Å². The number of nitrogens with zero attached hydrogens (tertiary/aromatic N) is 1. The maximum Gasteiger partial charge on any atom is 0.122 e. The van der Waals surface area contributed by atoms with Crippen LogP contribution in [0.4, 0.5) is 5.69 Å². The van der Waals surface area contributed by atoms with Crippen LogP contribution in [0.2, 0.25) is 0 Å². The molecule has 4 nitrogen and oxygen atoms in total. The average molecular weight is 236 g/mol. The van der Waals surface area contributed by atoms with Crippen LogP contribution in [0, 0.1) is 0 Å². The van der Waals surface area contributed by atoms with Gasteiger partial charge < -0.3 is 20.8 Å². The lowest BCUT2D eigenvalue weighted by Gasteiger charge is -2.26. The minimum atomic E-state index is -0.170. The molecule has 2 rings (SSSR count). The number of rotatable bonds is 3. The quantitative estimate of drug-likeness (QED) is 0.741. The number of anilines is 1. The minimum Gasteiger partial charge on any atom is -0.508 e. The van der Waals surface area contributed by atoms with Crippen LogP contribution in [0.25, 0.3) is 0 Å². The summed E-state index contributed by atoms with van der Waals surface area (Å²) in [7, 11) is 0. The second-order valence-corrected chi connectivity index (χ2v) is 4.70. The Balaban J connectivity index is 2.25. The van der Waals surface area contributed by atoms with E-state index in [-0.39, 0.29) is 24.4 Å². The summed E-state index contributed by atoms with van der Waals surface area (Å²) in [6.45, 7) is 2.94. The fourth-order valence-electron chi connectivity index (χ4n) is 2.46. The van der Waals surface area contributed by atoms with Gasteiger partial charge in [-0.15, -0.1) is 0 Å². The van der Waals surface area contributed by atoms with E-state index >= 15 is 0 Å². The standard InChI is InChI=1S/C13H20N2O2/c1-9(14)12-5-4-10(7-13(12)17)15-6-2-3-11(15)8-16/h4-5,7,9,11,16-17H,2-3,6,8,14H2,1H3. The summed E-state index contributed by atoms with van der Waals surface area (Å²) in [4.78, 5) is 2.14. The van der Waals surface area contributed by atoms with Crippen molar-refractivity contribution in [3.8, 4) is 5.75 Å². The number of benzene rings is 1. The van der Waals surface area contributed by atoms with Crippen molar-refractivity contribution in [3.05, 3.63) is 23.8 Å². The zero-order valence-corrected chi connectivity index (χ0v) is 10.1. The van der Waals surface area contributed by atoms with Gasteiger partial charge in [-0.25, -0.2) is 0 Å². The largest absolute Gasteiger partial charge is 0.508 e. The zero-order chi connectivity index (χ0) is 12.4. The lowest BCUT2D eigenvalue weighted by atomic mass is 10.1. The first-order chi connectivity index (χ1) is 8.13. The summed E-state index contributed by atoms with van der Waals surface area (Å²) in [6, 6.07) is 5.58. The lowest BCUT2D eigenvalue weighted by molar-refractivity contribution is 0.266. The second-order valence-electron chi connectivity index (χ2n) is 4.70. The molecular formula is C13H20N2O2. The summed E-state index contributed by atoms with van der Waals surface area (Å²) in [6.07, 6.45) is 2.09. The van der Waals surface area contributed by atoms with E-state index in [1.165, 1.54) is 0 Å². The van der Waals surface area contributed by atoms with Gasteiger partial charge in [0.2, 0.25) is 0 Å². The Hall–Kier alpha value is -1.26. The van der Waals surface area contributed by atoms with Crippen LogP contribution in [0.15, 0.2) is 18.2 Å². The Morgan fingerprint density at radius 3 is 2.88 bits per heavy atom. The van der Waals surface area contributed by atoms with Crippen LogP contribution in [0.5, 0.6) is 5.75 Å². The van der Waals surface area contributed by atoms with Gasteiger partial charge in [0.25, 0.3) is 0 Å². The Morgan fingerprint density at radius 1 is 1.53 bits per heavy atom. The van der Waals surface area contributed by atoms with Crippen LogP contribution in [-0.4, -0.2) is 29.4 Å². The van der Waals surface area contributed by atoms with Crippen molar-refractivity contribution < 1.29 is 10.2 Å². The molecule has 1 heterocycles. The van der Waals surface area contributed by atoms with Crippen molar-refractivity contribution >= 4 is 5.69 Å². The number of aliphatic hydroxyl groups excluding tert-OH is 1. The normalized spacial score (nSPS) is 21.8. The molecule has 0 bridgehead atoms. The molecule has 4 N–H and O–H groups in total. The van der Waals surface area contributed by atoms with Crippen molar-refractivity contribution in [2.24, 2.45) is 5.73 Å². The topological polar surface area (TPSA) is 69.7 Å². The minimum absolute atomic E-state index is 0.163. The summed E-state index contributed by atoms with van der Waals surface area (Å²) in [5.74, 6) is 0.237. The number of aromatic hydroxyl groups is 1. The van der Waals surface area contributed by atoms with E-state index < -0.39 is 0 Å². The summed E-state index contributed by atoms with van der Waals surface area (Å²) in [5.41, 5.74) is 7.48. The molecule has 4 heteroatoms. The second kappa shape index (κ2) is 4.94. The third kappa shape index (κ3) is 2.37. The lowest BCUT2D eigenvalue weighted by Crippen LogP contribution is -2.31. The van der Waals surface area contributed by atoms with E-state index in [0.717, 1.165) is 30.6 Å². The fourth-order valence-corrected chi connectivity index (χ4v) is 2.46. The van der Waals surface area contributed by atoms with E-state index in [0.29, 0.717) is 0 Å². The molecule has 2 atom stereocenters. The summed E-state index contributed by atoms with van der Waals surface area (Å²) >= 11 is 0. The molecule has 1 aromatic rings. The molecule has 1 aliphatic heterocycles. The number of hydrogen-bond donors (Lipinski definition) is 3. The summed E-state index contributed by atoms with van der Waals surface area (Å²) < 4.78 is 0. The molecule has 0 amide bonds. The summed E-state index contributed by atoms with van der Waals surface area (Å²) in [5, 5.41) is 19.2. The highest BCUT2D eigenvalue weighted by atomic mass is 16.3. The third-order valence-electron chi connectivity index (χ3n) is 3.42. The highest BCUT2D eigenvalue weighted by Gasteiger charge is 2.24. The van der Waals surface area contributed by atoms with Gasteiger partial charge in [0.15, 0.2) is 0 Å². The number of hydrogen-bond acceptors (Lipinski definition) is 4. The molecule has 2 unspecified atom stereocenters. The smallest absolute Gasteiger partial charge is 0.122 e. The van der Waals surface area contributed by atoms with Gasteiger partial charge in [-0.3, -0.25) is 0 Å². The van der Waals surface area contributed by atoms with Crippen molar-refractivity contribution in [2.75, 3.05) is 18.1 Å². The molecule has 1 saturated heterocycles. The number of nitrogens with two attached hydrogens (primary N) is 1. The van der Waals surface area contributed by atoms with E-state index in [2.05, 4.69) is 4.90 Å². The molecule has 0 spiro atoms. The van der Waals surface area contributed by atoms with Gasteiger partial charge in [-0.05, 0) is 25.8 Å². The van der Waals surface area contributed by atoms with Crippen LogP contribution in [0.1, 0.15) is 31.4 Å². The van der Waals surface area contributed by atoms with E-state index in [4.69, 9.17) is 5.73 Å². The van der Waals surface area contributed by atoms with Gasteiger partial charge in [-0.2, -0.15) is 0 Å². The molecule has 0 aliphatic carbocycles. The van der Waals surface area contributed by atoms with Gasteiger partial charge in [0.05, 0.1) is 12.6 Å². The van der Waals surface area contributed by atoms with Crippen molar-refractivity contribution in [1.29, 1.82) is 0 Å². The Kier molecular flexibility index (Phi) is 3.54. The third-order valence-corrected chi connectivity index (χ3v) is 3.42. The zero-order valence-electron chi connectivity index (χ0n) is 10.1. The average Bonchev–Trinajstić information content (AvgIpc) is 2.76. The SMILES string of the molecule is CC(N)c1ccc(N2CCCC2CO)cc1O. The van der Waals surface area contributed by atoms with Crippen molar-refractivity contribution in [3.63, 3.8) is 0 Å². The molecule has 0 saturated carbocycles. The van der Waals surface area contributed by atoms with Crippen LogP contribution in [-0.2, 0) is 0 Å². The van der Waals surface area contributed by atoms with Crippen molar-refractivity contribution in [2.45, 2.75) is 31.8 Å². The Bertz CT molecular complexity index is 393. The maximum atomic E-state index is 9.91. The van der Waals surface area contributed by atoms with Gasteiger partial charge in [0, 0.05) is 29.9 Å². The Labute approximate surface area is 102 Å². The fraction of sp³-hybridized carbons (Fsp3) is 0.538. The Morgan fingerprint density at radius 2 is 2.29 bits per heavy atom. The first kappa shape index (κ1) is 12.2. The first-order valence-corrected chi connectivity index (χ1v) is 6.09. The molecule has 17 heavy (non-hydrogen) atoms. The van der Waals surface area contributed by atoms with E-state index in [1.807, 2.05) is 19.1 Å². The van der Waals surface area contributed by atoms with Crippen LogP contribution < -0.4 is 10.6 Å². The number of aliphatic hydroxyl groups is 1. The molecular weight excluding hydrogens is 216 g/mol. The highest BCUT2D eigenvalue weighted by molar-refractivity contribution is 5.55. The van der Waals surface area contributed by atoms with Gasteiger partial charge in [0.1, 0.15) is 5.75 Å². The predicted octanol–water partition coefficient (Wildman–Crippen LogP) is 1.37. The number of phenols is 1. The van der Waals surface area contributed by atoms with Crippen molar-refractivity contribution in [1.82, 2.24) is 0 Å². The maximum absolute atomic E-state index is 9.91. The van der Waals surface area contributed by atoms with Crippen LogP contribution in [0.3, 0.4) is 0 Å². The molecule has 0 aromatic heterocycles. The first-order valence-electron chi connectivity index (χ1n) is 6.09. The molecule has 1 fully saturated rings. The van der Waals surface area contributed by atoms with E-state index in [1.54, 1.807) is 6.07 Å². The van der Waals surface area contributed by atoms with Gasteiger partial charge >= 0.3 is 0 Å². The molecule has 94 valence electrons. The van der Waals surface area contributed by atoms with Crippen LogP contribution >= 0.6 is 0 Å². The molecule has 1 aromatic carbocycles. The monoisotopic (exact) mass is 236 g/mol. The molecule has 0 radical (unpaired) electrons. The van der Waals surface area contributed by atoms with Gasteiger partial charge in [-0.1, -0.05) is 6.07 Å². The highest BCUT2D eigenvalue weighted by Crippen LogP contribution is 2.31. The number of phenolic OH excluding ortho intramolecular Hbond substituents is 1. The predicted molar refractivity (Wildman–Crippen MR) is 68.2 cm³/mol. The molecule has 1 aliphatic rings.